The van der Waals surface area contributed by atoms with E-state index >= 15 is 0 Å². The quantitative estimate of drug-likeness (QED) is 0.755. The normalized spacial score (nSPS) is 9.84. The van der Waals surface area contributed by atoms with Gasteiger partial charge in [0, 0.05) is 3.57 Å². The molecule has 0 bridgehead atoms. The zero-order valence-electron chi connectivity index (χ0n) is 10.9. The number of hydrogen-bond acceptors (Lipinski definition) is 4. The number of amides is 2. The van der Waals surface area contributed by atoms with Crippen molar-refractivity contribution in [1.29, 1.82) is 0 Å². The third kappa shape index (κ3) is 4.70. The van der Waals surface area contributed by atoms with Gasteiger partial charge in [-0.1, -0.05) is 18.2 Å². The van der Waals surface area contributed by atoms with Crippen molar-refractivity contribution in [3.05, 3.63) is 33.4 Å². The Hall–Kier alpha value is -1.31. The van der Waals surface area contributed by atoms with E-state index in [4.69, 9.17) is 9.47 Å². The lowest BCUT2D eigenvalue weighted by molar-refractivity contribution is 0.0789. The van der Waals surface area contributed by atoms with Crippen molar-refractivity contribution >= 4 is 34.8 Å². The van der Waals surface area contributed by atoms with Crippen LogP contribution >= 0.6 is 22.6 Å². The molecule has 0 aliphatic carbocycles. The molecule has 104 valence electrons. The molecule has 1 aromatic rings. The molecular weight excluding hydrogens is 361 g/mol. The lowest BCUT2D eigenvalue weighted by Gasteiger charge is -2.19. The van der Waals surface area contributed by atoms with Gasteiger partial charge in [0.2, 0.25) is 0 Å². The summed E-state index contributed by atoms with van der Waals surface area (Å²) in [4.78, 5) is 24.5. The maximum atomic E-state index is 11.8. The van der Waals surface area contributed by atoms with Gasteiger partial charge in [-0.05, 0) is 48.1 Å². The summed E-state index contributed by atoms with van der Waals surface area (Å²) in [6, 6.07) is 7.51. The van der Waals surface area contributed by atoms with Gasteiger partial charge in [-0.2, -0.15) is 0 Å². The first kappa shape index (κ1) is 15.7. The predicted molar refractivity (Wildman–Crippen MR) is 78.7 cm³/mol. The highest BCUT2D eigenvalue weighted by atomic mass is 127. The fourth-order valence-electron chi connectivity index (χ4n) is 1.40. The molecule has 0 atom stereocenters. The summed E-state index contributed by atoms with van der Waals surface area (Å²) >= 11 is 2.15. The third-order valence-corrected chi connectivity index (χ3v) is 3.32. The van der Waals surface area contributed by atoms with E-state index < -0.39 is 12.2 Å². The van der Waals surface area contributed by atoms with E-state index in [-0.39, 0.29) is 19.8 Å². The Bertz CT molecular complexity index is 432. The number of benzene rings is 1. The van der Waals surface area contributed by atoms with Crippen molar-refractivity contribution in [2.24, 2.45) is 0 Å². The minimum Gasteiger partial charge on any atom is -0.449 e. The van der Waals surface area contributed by atoms with Crippen molar-refractivity contribution in [2.75, 3.05) is 13.2 Å². The number of halogens is 1. The Morgan fingerprint density at radius 2 is 1.63 bits per heavy atom. The van der Waals surface area contributed by atoms with E-state index in [9.17, 15) is 9.59 Å². The van der Waals surface area contributed by atoms with E-state index in [2.05, 4.69) is 22.6 Å². The van der Waals surface area contributed by atoms with Crippen molar-refractivity contribution < 1.29 is 19.1 Å². The second kappa shape index (κ2) is 7.98. The number of carbonyl (C=O) groups excluding carboxylic acids is 2. The summed E-state index contributed by atoms with van der Waals surface area (Å²) in [7, 11) is 0. The predicted octanol–water partition coefficient (Wildman–Crippen LogP) is 3.41. The monoisotopic (exact) mass is 377 g/mol. The number of rotatable bonds is 4. The summed E-state index contributed by atoms with van der Waals surface area (Å²) in [5, 5.41) is 0. The summed E-state index contributed by atoms with van der Waals surface area (Å²) in [6.07, 6.45) is -1.39. The molecule has 1 rings (SSSR count). The van der Waals surface area contributed by atoms with Crippen LogP contribution in [0.1, 0.15) is 19.4 Å². The molecule has 0 saturated carbocycles. The Balaban J connectivity index is 2.88. The van der Waals surface area contributed by atoms with Crippen LogP contribution < -0.4 is 0 Å². The number of ether oxygens (including phenoxy) is 2. The van der Waals surface area contributed by atoms with Crippen molar-refractivity contribution in [3.63, 3.8) is 0 Å². The fraction of sp³-hybridized carbons (Fsp3) is 0.385. The molecule has 0 aliphatic rings. The van der Waals surface area contributed by atoms with Crippen LogP contribution in [0.4, 0.5) is 9.59 Å². The maximum absolute atomic E-state index is 11.8. The summed E-state index contributed by atoms with van der Waals surface area (Å²) < 4.78 is 10.7. The first-order valence-electron chi connectivity index (χ1n) is 5.94. The maximum Gasteiger partial charge on any atom is 0.419 e. The SMILES string of the molecule is CCOC(=O)N(Cc1ccccc1I)C(=O)OCC. The molecule has 0 fully saturated rings. The van der Waals surface area contributed by atoms with E-state index in [1.165, 1.54) is 0 Å². The Kier molecular flexibility index (Phi) is 6.61. The summed E-state index contributed by atoms with van der Waals surface area (Å²) in [5.41, 5.74) is 0.865. The minimum atomic E-state index is -0.694. The van der Waals surface area contributed by atoms with Crippen molar-refractivity contribution in [3.8, 4) is 0 Å². The second-order valence-corrected chi connectivity index (χ2v) is 4.74. The minimum absolute atomic E-state index is 0.136. The van der Waals surface area contributed by atoms with E-state index in [0.717, 1.165) is 14.0 Å². The van der Waals surface area contributed by atoms with Gasteiger partial charge in [0.05, 0.1) is 19.8 Å². The van der Waals surface area contributed by atoms with Gasteiger partial charge in [0.25, 0.3) is 0 Å². The molecule has 0 spiro atoms. The topological polar surface area (TPSA) is 55.8 Å². The van der Waals surface area contributed by atoms with Crippen molar-refractivity contribution in [1.82, 2.24) is 4.90 Å². The average Bonchev–Trinajstić information content (AvgIpc) is 2.38. The van der Waals surface area contributed by atoms with Crippen LogP contribution in [0.3, 0.4) is 0 Å². The lowest BCUT2D eigenvalue weighted by Crippen LogP contribution is -2.37. The molecule has 2 amide bonds. The molecule has 5 nitrogen and oxygen atoms in total. The molecule has 0 radical (unpaired) electrons. The highest BCUT2D eigenvalue weighted by Crippen LogP contribution is 2.15. The molecule has 0 N–H and O–H groups in total. The van der Waals surface area contributed by atoms with E-state index in [1.54, 1.807) is 13.8 Å². The second-order valence-electron chi connectivity index (χ2n) is 3.58. The fourth-order valence-corrected chi connectivity index (χ4v) is 1.96. The van der Waals surface area contributed by atoms with Crippen molar-refractivity contribution in [2.45, 2.75) is 20.4 Å². The molecule has 0 aliphatic heterocycles. The Morgan fingerprint density at radius 3 is 2.11 bits per heavy atom. The highest BCUT2D eigenvalue weighted by molar-refractivity contribution is 14.1. The van der Waals surface area contributed by atoms with E-state index in [1.807, 2.05) is 24.3 Å². The van der Waals surface area contributed by atoms with Gasteiger partial charge < -0.3 is 9.47 Å². The van der Waals surface area contributed by atoms with Crippen LogP contribution in [-0.2, 0) is 16.0 Å². The first-order chi connectivity index (χ1) is 9.10. The molecule has 0 saturated heterocycles. The molecule has 6 heteroatoms. The lowest BCUT2D eigenvalue weighted by atomic mass is 10.2. The molecule has 0 heterocycles. The smallest absolute Gasteiger partial charge is 0.419 e. The molecule has 0 unspecified atom stereocenters. The van der Waals surface area contributed by atoms with Gasteiger partial charge >= 0.3 is 12.2 Å². The molecule has 0 aromatic heterocycles. The number of hydrogen-bond donors (Lipinski definition) is 0. The molecular formula is C13H16INO4. The number of carbonyl (C=O) groups is 2. The van der Waals surface area contributed by atoms with Crippen LogP contribution in [0, 0.1) is 3.57 Å². The van der Waals surface area contributed by atoms with Crippen LogP contribution in [0.2, 0.25) is 0 Å². The standard InChI is InChI=1S/C13H16INO4/c1-3-18-12(16)15(13(17)19-4-2)9-10-7-5-6-8-11(10)14/h5-8H,3-4,9H2,1-2H3. The third-order valence-electron chi connectivity index (χ3n) is 2.26. The number of imide groups is 1. The van der Waals surface area contributed by atoms with Crippen LogP contribution in [-0.4, -0.2) is 30.3 Å². The zero-order chi connectivity index (χ0) is 14.3. The van der Waals surface area contributed by atoms with Gasteiger partial charge in [0.15, 0.2) is 0 Å². The first-order valence-corrected chi connectivity index (χ1v) is 7.02. The van der Waals surface area contributed by atoms with Crippen LogP contribution in [0.25, 0.3) is 0 Å². The molecule has 1 aromatic carbocycles. The highest BCUT2D eigenvalue weighted by Gasteiger charge is 2.24. The Morgan fingerprint density at radius 1 is 1.11 bits per heavy atom. The summed E-state index contributed by atoms with van der Waals surface area (Å²) in [5.74, 6) is 0. The summed E-state index contributed by atoms with van der Waals surface area (Å²) in [6.45, 7) is 3.93. The van der Waals surface area contributed by atoms with Gasteiger partial charge in [0.1, 0.15) is 0 Å². The zero-order valence-corrected chi connectivity index (χ0v) is 13.0. The Labute approximate surface area is 126 Å². The molecule has 19 heavy (non-hydrogen) atoms. The largest absolute Gasteiger partial charge is 0.449 e. The van der Waals surface area contributed by atoms with Crippen LogP contribution in [0.15, 0.2) is 24.3 Å². The average molecular weight is 377 g/mol. The van der Waals surface area contributed by atoms with Gasteiger partial charge in [-0.3, -0.25) is 0 Å². The van der Waals surface area contributed by atoms with Gasteiger partial charge in [-0.15, -0.1) is 0 Å². The number of nitrogens with zero attached hydrogens (tertiary/aromatic N) is 1. The van der Waals surface area contributed by atoms with E-state index in [0.29, 0.717) is 0 Å². The van der Waals surface area contributed by atoms with Gasteiger partial charge in [-0.25, -0.2) is 14.5 Å². The van der Waals surface area contributed by atoms with Crippen LogP contribution in [0.5, 0.6) is 0 Å².